The predicted molar refractivity (Wildman–Crippen MR) is 65.3 cm³/mol. The molecule has 1 N–H and O–H groups in total. The molecular weight excluding hydrogens is 261 g/mol. The smallest absolute Gasteiger partial charge is 0.0386 e. The summed E-state index contributed by atoms with van der Waals surface area (Å²) in [5, 5.41) is 3.53. The molecule has 0 spiro atoms. The van der Waals surface area contributed by atoms with E-state index in [0.29, 0.717) is 0 Å². The van der Waals surface area contributed by atoms with Crippen molar-refractivity contribution in [3.8, 4) is 0 Å². The van der Waals surface area contributed by atoms with Gasteiger partial charge in [-0.2, -0.15) is 0 Å². The van der Waals surface area contributed by atoms with E-state index in [9.17, 15) is 0 Å². The van der Waals surface area contributed by atoms with Gasteiger partial charge in [0.1, 0.15) is 0 Å². The number of halogens is 2. The lowest BCUT2D eigenvalue weighted by Gasteiger charge is -2.32. The maximum atomic E-state index is 3.53. The summed E-state index contributed by atoms with van der Waals surface area (Å²) in [6.45, 7) is 1.17. The minimum absolute atomic E-state index is 0. The first-order valence-corrected chi connectivity index (χ1v) is 5.65. The minimum atomic E-state index is 0. The quantitative estimate of drug-likeness (QED) is 0.759. The minimum Gasteiger partial charge on any atom is -0.385 e. The lowest BCUT2D eigenvalue weighted by atomic mass is 9.72. The lowest BCUT2D eigenvalue weighted by molar-refractivity contribution is 0.287. The van der Waals surface area contributed by atoms with Crippen LogP contribution in [0.2, 0.25) is 0 Å². The highest BCUT2D eigenvalue weighted by molar-refractivity contribution is 9.10. The van der Waals surface area contributed by atoms with E-state index in [-0.39, 0.29) is 12.4 Å². The van der Waals surface area contributed by atoms with Crippen LogP contribution in [-0.2, 0) is 0 Å². The first kappa shape index (κ1) is 10.3. The topological polar surface area (TPSA) is 12.0 Å². The van der Waals surface area contributed by atoms with Crippen molar-refractivity contribution in [1.29, 1.82) is 0 Å². The van der Waals surface area contributed by atoms with Crippen LogP contribution in [0, 0.1) is 5.92 Å². The van der Waals surface area contributed by atoms with Crippen LogP contribution in [0.1, 0.15) is 24.3 Å². The third-order valence-corrected chi connectivity index (χ3v) is 3.77. The molecule has 0 aromatic heterocycles. The van der Waals surface area contributed by atoms with E-state index in [2.05, 4.69) is 39.4 Å². The van der Waals surface area contributed by atoms with Crippen LogP contribution in [0.4, 0.5) is 5.69 Å². The molecule has 2 heterocycles. The van der Waals surface area contributed by atoms with E-state index in [1.807, 2.05) is 0 Å². The molecule has 1 aromatic rings. The zero-order chi connectivity index (χ0) is 8.84. The van der Waals surface area contributed by atoms with Gasteiger partial charge < -0.3 is 5.32 Å². The van der Waals surface area contributed by atoms with Crippen LogP contribution < -0.4 is 5.32 Å². The van der Waals surface area contributed by atoms with Gasteiger partial charge in [-0.3, -0.25) is 0 Å². The molecule has 14 heavy (non-hydrogen) atoms. The van der Waals surface area contributed by atoms with Gasteiger partial charge in [0.25, 0.3) is 0 Å². The van der Waals surface area contributed by atoms with Gasteiger partial charge in [0.2, 0.25) is 0 Å². The molecule has 0 atom stereocenters. The molecule has 1 fully saturated rings. The van der Waals surface area contributed by atoms with E-state index in [1.54, 1.807) is 0 Å². The predicted octanol–water partition coefficient (Wildman–Crippen LogP) is 3.79. The largest absolute Gasteiger partial charge is 0.385 e. The van der Waals surface area contributed by atoms with Crippen molar-refractivity contribution in [2.24, 2.45) is 5.92 Å². The summed E-state index contributed by atoms with van der Waals surface area (Å²) in [6.07, 6.45) is 2.78. The van der Waals surface area contributed by atoms with Gasteiger partial charge in [-0.15, -0.1) is 12.4 Å². The molecule has 2 bridgehead atoms. The maximum absolute atomic E-state index is 3.53. The molecule has 1 saturated carbocycles. The van der Waals surface area contributed by atoms with Crippen molar-refractivity contribution in [2.45, 2.75) is 18.8 Å². The second kappa shape index (κ2) is 3.74. The number of hydrogen-bond donors (Lipinski definition) is 1. The van der Waals surface area contributed by atoms with Gasteiger partial charge in [-0.05, 0) is 42.4 Å². The Bertz CT molecular complexity index is 347. The Morgan fingerprint density at radius 2 is 2.07 bits per heavy atom. The number of benzene rings is 1. The molecule has 0 unspecified atom stereocenters. The average Bonchev–Trinajstić information content (AvgIpc) is 2.29. The molecule has 1 aromatic carbocycles. The first-order valence-electron chi connectivity index (χ1n) is 4.86. The Balaban J connectivity index is 0.000000750. The van der Waals surface area contributed by atoms with Gasteiger partial charge in [-0.1, -0.05) is 22.0 Å². The van der Waals surface area contributed by atoms with Crippen LogP contribution in [0.5, 0.6) is 0 Å². The normalized spacial score (nSPS) is 27.5. The molecule has 1 nitrogen and oxygen atoms in total. The van der Waals surface area contributed by atoms with Crippen molar-refractivity contribution in [2.75, 3.05) is 11.9 Å². The third kappa shape index (κ3) is 1.55. The number of rotatable bonds is 0. The second-order valence-corrected chi connectivity index (χ2v) is 5.06. The summed E-state index contributed by atoms with van der Waals surface area (Å²) in [5.41, 5.74) is 2.87. The summed E-state index contributed by atoms with van der Waals surface area (Å²) in [7, 11) is 0. The Morgan fingerprint density at radius 3 is 2.86 bits per heavy atom. The third-order valence-electron chi connectivity index (χ3n) is 3.27. The average molecular weight is 275 g/mol. The lowest BCUT2D eigenvalue weighted by Crippen LogP contribution is -2.23. The van der Waals surface area contributed by atoms with Crippen LogP contribution in [0.25, 0.3) is 0 Å². The van der Waals surface area contributed by atoms with Crippen molar-refractivity contribution in [1.82, 2.24) is 0 Å². The van der Waals surface area contributed by atoms with E-state index in [1.165, 1.54) is 35.1 Å². The highest BCUT2D eigenvalue weighted by Gasteiger charge is 2.34. The maximum Gasteiger partial charge on any atom is 0.0386 e. The van der Waals surface area contributed by atoms with E-state index >= 15 is 0 Å². The molecule has 2 aliphatic heterocycles. The standard InChI is InChI=1S/C11H12BrN.ClH/c12-9-1-2-10-8-3-7(4-8)6-13-11(10)5-9;/h1-2,5,7-8,13H,3-4,6H2;1H. The highest BCUT2D eigenvalue weighted by atomic mass is 79.9. The van der Waals surface area contributed by atoms with Gasteiger partial charge in [0, 0.05) is 16.7 Å². The molecular formula is C11H13BrClN. The second-order valence-electron chi connectivity index (χ2n) is 4.15. The Hall–Kier alpha value is -0.210. The Kier molecular flexibility index (Phi) is 2.76. The summed E-state index contributed by atoms with van der Waals surface area (Å²) in [6, 6.07) is 6.62. The molecule has 3 aliphatic rings. The zero-order valence-electron chi connectivity index (χ0n) is 7.79. The molecule has 1 aliphatic carbocycles. The molecule has 0 radical (unpaired) electrons. The molecule has 76 valence electrons. The van der Waals surface area contributed by atoms with Gasteiger partial charge in [0.15, 0.2) is 0 Å². The van der Waals surface area contributed by atoms with E-state index < -0.39 is 0 Å². The number of anilines is 1. The van der Waals surface area contributed by atoms with Gasteiger partial charge in [0.05, 0.1) is 0 Å². The fraction of sp³-hybridized carbons (Fsp3) is 0.455. The van der Waals surface area contributed by atoms with E-state index in [0.717, 1.165) is 11.8 Å². The van der Waals surface area contributed by atoms with Crippen molar-refractivity contribution < 1.29 is 0 Å². The summed E-state index contributed by atoms with van der Waals surface area (Å²) in [5.74, 6) is 1.76. The summed E-state index contributed by atoms with van der Waals surface area (Å²) < 4.78 is 1.18. The monoisotopic (exact) mass is 273 g/mol. The number of fused-ring (bicyclic) bond motifs is 1. The van der Waals surface area contributed by atoms with Crippen LogP contribution >= 0.6 is 28.3 Å². The van der Waals surface area contributed by atoms with Crippen molar-refractivity contribution in [3.05, 3.63) is 28.2 Å². The van der Waals surface area contributed by atoms with E-state index in [4.69, 9.17) is 0 Å². The molecule has 0 amide bonds. The molecule has 0 saturated heterocycles. The number of hydrogen-bond acceptors (Lipinski definition) is 1. The van der Waals surface area contributed by atoms with Crippen molar-refractivity contribution >= 4 is 34.0 Å². The van der Waals surface area contributed by atoms with Crippen LogP contribution in [0.15, 0.2) is 22.7 Å². The fourth-order valence-corrected chi connectivity index (χ4v) is 2.81. The molecule has 3 heteroatoms. The van der Waals surface area contributed by atoms with Crippen molar-refractivity contribution in [3.63, 3.8) is 0 Å². The Labute approximate surface area is 98.8 Å². The molecule has 4 rings (SSSR count). The van der Waals surface area contributed by atoms with Gasteiger partial charge in [-0.25, -0.2) is 0 Å². The van der Waals surface area contributed by atoms with Gasteiger partial charge >= 0.3 is 0 Å². The van der Waals surface area contributed by atoms with Crippen LogP contribution in [-0.4, -0.2) is 6.54 Å². The highest BCUT2D eigenvalue weighted by Crippen LogP contribution is 2.47. The Morgan fingerprint density at radius 1 is 1.29 bits per heavy atom. The first-order chi connectivity index (χ1) is 6.33. The zero-order valence-corrected chi connectivity index (χ0v) is 10.2. The SMILES string of the molecule is Brc1ccc2c(c1)NCC1CC2C1.Cl. The summed E-state index contributed by atoms with van der Waals surface area (Å²) >= 11 is 3.51. The van der Waals surface area contributed by atoms with Crippen LogP contribution in [0.3, 0.4) is 0 Å². The summed E-state index contributed by atoms with van der Waals surface area (Å²) in [4.78, 5) is 0. The fourth-order valence-electron chi connectivity index (χ4n) is 2.45. The number of nitrogens with one attached hydrogen (secondary N) is 1.